The van der Waals surface area contributed by atoms with Crippen LogP contribution in [0.4, 0.5) is 13.2 Å². The van der Waals surface area contributed by atoms with Crippen LogP contribution in [0.3, 0.4) is 0 Å². The molecule has 2 aliphatic heterocycles. The van der Waals surface area contributed by atoms with Gasteiger partial charge in [0.05, 0.1) is 0 Å². The first kappa shape index (κ1) is 16.9. The number of benzene rings is 1. The maximum atomic E-state index is 13.0. The van der Waals surface area contributed by atoms with Crippen molar-refractivity contribution in [3.63, 3.8) is 0 Å². The van der Waals surface area contributed by atoms with Gasteiger partial charge in [-0.1, -0.05) is 12.1 Å². The van der Waals surface area contributed by atoms with E-state index in [-0.39, 0.29) is 25.8 Å². The van der Waals surface area contributed by atoms with Gasteiger partial charge in [-0.25, -0.2) is 0 Å². The molecule has 0 bridgehead atoms. The number of para-hydroxylation sites is 1. The number of hydrogen-bond donors (Lipinski definition) is 1. The fourth-order valence-corrected chi connectivity index (χ4v) is 3.21. The molecule has 1 N–H and O–H groups in total. The van der Waals surface area contributed by atoms with E-state index in [1.54, 1.807) is 6.07 Å². The van der Waals surface area contributed by atoms with Gasteiger partial charge < -0.3 is 19.7 Å². The van der Waals surface area contributed by atoms with Gasteiger partial charge in [-0.15, -0.1) is 0 Å². The number of rotatable bonds is 3. The van der Waals surface area contributed by atoms with Crippen LogP contribution in [0.5, 0.6) is 11.5 Å². The normalized spacial score (nSPS) is 23.4. The standard InChI is InChI=1S/C16H19F3N2O3/c1-10(22)21-8-12(5-6-14(21)16(17,18)19)20-7-11-3-2-4-13-15(11)24-9-23-13/h2-4,12,14,20H,5-9H2,1H3. The monoisotopic (exact) mass is 344 g/mol. The first-order valence-electron chi connectivity index (χ1n) is 7.81. The van der Waals surface area contributed by atoms with Crippen molar-refractivity contribution in [2.75, 3.05) is 13.3 Å². The number of fused-ring (bicyclic) bond motifs is 1. The van der Waals surface area contributed by atoms with Crippen LogP contribution in [0, 0.1) is 0 Å². The molecule has 5 nitrogen and oxygen atoms in total. The fourth-order valence-electron chi connectivity index (χ4n) is 3.21. The second-order valence-corrected chi connectivity index (χ2v) is 6.03. The third kappa shape index (κ3) is 3.43. The molecule has 1 amide bonds. The second-order valence-electron chi connectivity index (χ2n) is 6.03. The van der Waals surface area contributed by atoms with Crippen molar-refractivity contribution in [2.45, 2.75) is 44.6 Å². The van der Waals surface area contributed by atoms with E-state index in [1.165, 1.54) is 6.92 Å². The number of carbonyl (C=O) groups excluding carboxylic acids is 1. The first-order valence-corrected chi connectivity index (χ1v) is 7.81. The average molecular weight is 344 g/mol. The maximum absolute atomic E-state index is 13.0. The molecule has 8 heteroatoms. The number of nitrogens with one attached hydrogen (secondary N) is 1. The number of nitrogens with zero attached hydrogens (tertiary/aromatic N) is 1. The van der Waals surface area contributed by atoms with Crippen LogP contribution in [0.2, 0.25) is 0 Å². The zero-order chi connectivity index (χ0) is 17.3. The molecule has 0 radical (unpaired) electrons. The molecule has 2 heterocycles. The minimum atomic E-state index is -4.39. The van der Waals surface area contributed by atoms with Crippen LogP contribution in [0.15, 0.2) is 18.2 Å². The Morgan fingerprint density at radius 3 is 2.83 bits per heavy atom. The van der Waals surface area contributed by atoms with E-state index in [4.69, 9.17) is 9.47 Å². The predicted molar refractivity (Wildman–Crippen MR) is 79.7 cm³/mol. The van der Waals surface area contributed by atoms with Crippen LogP contribution in [-0.2, 0) is 11.3 Å². The second kappa shape index (κ2) is 6.51. The maximum Gasteiger partial charge on any atom is 0.408 e. The summed E-state index contributed by atoms with van der Waals surface area (Å²) in [6.45, 7) is 1.84. The molecule has 1 fully saturated rings. The van der Waals surface area contributed by atoms with Crippen LogP contribution in [-0.4, -0.2) is 42.4 Å². The van der Waals surface area contributed by atoms with Crippen molar-refractivity contribution in [3.8, 4) is 11.5 Å². The lowest BCUT2D eigenvalue weighted by molar-refractivity contribution is -0.196. The summed E-state index contributed by atoms with van der Waals surface area (Å²) in [5.74, 6) is 0.777. The number of likely N-dealkylation sites (tertiary alicyclic amines) is 1. The van der Waals surface area contributed by atoms with Gasteiger partial charge >= 0.3 is 6.18 Å². The Labute approximate surface area is 137 Å². The minimum absolute atomic E-state index is 0.0475. The van der Waals surface area contributed by atoms with Crippen molar-refractivity contribution >= 4 is 5.91 Å². The molecule has 132 valence electrons. The number of amides is 1. The largest absolute Gasteiger partial charge is 0.454 e. The van der Waals surface area contributed by atoms with Gasteiger partial charge in [0, 0.05) is 31.6 Å². The third-order valence-corrected chi connectivity index (χ3v) is 4.42. The number of alkyl halides is 3. The molecule has 24 heavy (non-hydrogen) atoms. The van der Waals surface area contributed by atoms with Gasteiger partial charge in [0.15, 0.2) is 11.5 Å². The van der Waals surface area contributed by atoms with Crippen LogP contribution < -0.4 is 14.8 Å². The highest BCUT2D eigenvalue weighted by atomic mass is 19.4. The van der Waals surface area contributed by atoms with E-state index < -0.39 is 18.1 Å². The molecule has 2 aliphatic rings. The van der Waals surface area contributed by atoms with Crippen molar-refractivity contribution in [1.29, 1.82) is 0 Å². The topological polar surface area (TPSA) is 50.8 Å². The fraction of sp³-hybridized carbons (Fsp3) is 0.562. The van der Waals surface area contributed by atoms with Crippen molar-refractivity contribution in [3.05, 3.63) is 23.8 Å². The summed E-state index contributed by atoms with van der Waals surface area (Å²) in [5, 5.41) is 3.23. The predicted octanol–water partition coefficient (Wildman–Crippen LogP) is 2.45. The van der Waals surface area contributed by atoms with Crippen molar-refractivity contribution in [1.82, 2.24) is 10.2 Å². The lowest BCUT2D eigenvalue weighted by Gasteiger charge is -2.40. The zero-order valence-corrected chi connectivity index (χ0v) is 13.2. The Morgan fingerprint density at radius 2 is 2.12 bits per heavy atom. The van der Waals surface area contributed by atoms with Gasteiger partial charge in [-0.05, 0) is 18.9 Å². The smallest absolute Gasteiger partial charge is 0.408 e. The Bertz CT molecular complexity index is 621. The molecular weight excluding hydrogens is 325 g/mol. The molecule has 0 aliphatic carbocycles. The number of carbonyl (C=O) groups is 1. The van der Waals surface area contributed by atoms with Gasteiger partial charge in [0.25, 0.3) is 0 Å². The molecular formula is C16H19F3N2O3. The summed E-state index contributed by atoms with van der Waals surface area (Å²) in [6, 6.07) is 3.64. The summed E-state index contributed by atoms with van der Waals surface area (Å²) < 4.78 is 49.8. The summed E-state index contributed by atoms with van der Waals surface area (Å²) >= 11 is 0. The zero-order valence-electron chi connectivity index (χ0n) is 13.2. The molecule has 2 unspecified atom stereocenters. The van der Waals surface area contributed by atoms with E-state index in [2.05, 4.69) is 5.32 Å². The number of halogens is 3. The Kier molecular flexibility index (Phi) is 4.58. The quantitative estimate of drug-likeness (QED) is 0.915. The highest BCUT2D eigenvalue weighted by Gasteiger charge is 2.47. The number of hydrogen-bond acceptors (Lipinski definition) is 4. The molecule has 1 aromatic carbocycles. The number of ether oxygens (including phenoxy) is 2. The molecule has 0 aromatic heterocycles. The highest BCUT2D eigenvalue weighted by Crippen LogP contribution is 2.36. The molecule has 0 spiro atoms. The van der Waals surface area contributed by atoms with E-state index in [0.717, 1.165) is 10.5 Å². The number of piperidine rings is 1. The molecule has 1 aromatic rings. The highest BCUT2D eigenvalue weighted by molar-refractivity contribution is 5.74. The minimum Gasteiger partial charge on any atom is -0.454 e. The Balaban J connectivity index is 1.63. The van der Waals surface area contributed by atoms with Crippen molar-refractivity contribution < 1.29 is 27.4 Å². The third-order valence-electron chi connectivity index (χ3n) is 4.42. The van der Waals surface area contributed by atoms with Crippen molar-refractivity contribution in [2.24, 2.45) is 0 Å². The lowest BCUT2D eigenvalue weighted by Crippen LogP contribution is -2.57. The van der Waals surface area contributed by atoms with E-state index in [0.29, 0.717) is 24.5 Å². The summed E-state index contributed by atoms with van der Waals surface area (Å²) in [6.07, 6.45) is -4.12. The lowest BCUT2D eigenvalue weighted by atomic mass is 9.97. The SMILES string of the molecule is CC(=O)N1CC(NCc2cccc3c2OCO3)CCC1C(F)(F)F. The van der Waals surface area contributed by atoms with Gasteiger partial charge in [0.2, 0.25) is 12.7 Å². The molecule has 2 atom stereocenters. The van der Waals surface area contributed by atoms with E-state index in [9.17, 15) is 18.0 Å². The molecule has 1 saturated heterocycles. The summed E-state index contributed by atoms with van der Waals surface area (Å²) in [5.41, 5.74) is 0.886. The van der Waals surface area contributed by atoms with Crippen LogP contribution in [0.1, 0.15) is 25.3 Å². The molecule has 0 saturated carbocycles. The summed E-state index contributed by atoms with van der Waals surface area (Å²) in [4.78, 5) is 12.5. The van der Waals surface area contributed by atoms with Crippen LogP contribution >= 0.6 is 0 Å². The summed E-state index contributed by atoms with van der Waals surface area (Å²) in [7, 11) is 0. The van der Waals surface area contributed by atoms with E-state index in [1.807, 2.05) is 12.1 Å². The molecule has 3 rings (SSSR count). The Morgan fingerprint density at radius 1 is 1.33 bits per heavy atom. The van der Waals surface area contributed by atoms with Crippen LogP contribution in [0.25, 0.3) is 0 Å². The average Bonchev–Trinajstić information content (AvgIpc) is 3.00. The van der Waals surface area contributed by atoms with Gasteiger partial charge in [0.1, 0.15) is 6.04 Å². The Hall–Kier alpha value is -1.96. The first-order chi connectivity index (χ1) is 11.4. The van der Waals surface area contributed by atoms with Gasteiger partial charge in [-0.2, -0.15) is 13.2 Å². The van der Waals surface area contributed by atoms with Gasteiger partial charge in [-0.3, -0.25) is 4.79 Å². The van der Waals surface area contributed by atoms with E-state index >= 15 is 0 Å².